The molecule has 3 rings (SSSR count). The molecule has 0 radical (unpaired) electrons. The van der Waals surface area contributed by atoms with Crippen LogP contribution in [0.4, 0.5) is 11.4 Å². The molecule has 0 aliphatic carbocycles. The fourth-order valence-corrected chi connectivity index (χ4v) is 3.16. The molecule has 0 spiro atoms. The van der Waals surface area contributed by atoms with E-state index in [-0.39, 0.29) is 5.41 Å². The molecule has 0 bridgehead atoms. The van der Waals surface area contributed by atoms with Gasteiger partial charge in [-0.25, -0.2) is 4.58 Å². The average Bonchev–Trinajstić information content (AvgIpc) is 2.70. The highest BCUT2D eigenvalue weighted by Gasteiger charge is 2.43. The number of hydrogen-bond acceptors (Lipinski definition) is 1. The van der Waals surface area contributed by atoms with Crippen LogP contribution in [-0.4, -0.2) is 23.5 Å². The van der Waals surface area contributed by atoms with Gasteiger partial charge in [0, 0.05) is 17.8 Å². The normalized spacial score (nSPS) is 16.5. The molecular weight excluding hydrogens is 256 g/mol. The molecule has 21 heavy (non-hydrogen) atoms. The third kappa shape index (κ3) is 2.42. The summed E-state index contributed by atoms with van der Waals surface area (Å²) in [5.41, 5.74) is 5.17. The van der Waals surface area contributed by atoms with Crippen molar-refractivity contribution >= 4 is 23.3 Å². The van der Waals surface area contributed by atoms with E-state index in [0.717, 1.165) is 12.1 Å². The first-order chi connectivity index (χ1) is 10.1. The zero-order chi connectivity index (χ0) is 14.9. The molecule has 2 aromatic rings. The number of aliphatic imine (C=N–C) groups is 1. The van der Waals surface area contributed by atoms with Gasteiger partial charge >= 0.3 is 0 Å². The van der Waals surface area contributed by atoms with E-state index in [2.05, 4.69) is 54.7 Å². The number of nitrogens with zero attached hydrogens (tertiary/aromatic N) is 2. The van der Waals surface area contributed by atoms with Crippen LogP contribution in [-0.2, 0) is 5.41 Å². The van der Waals surface area contributed by atoms with Crippen LogP contribution >= 0.6 is 0 Å². The number of benzene rings is 2. The van der Waals surface area contributed by atoms with Crippen molar-refractivity contribution in [2.45, 2.75) is 25.7 Å². The zero-order valence-electron chi connectivity index (χ0n) is 12.9. The molecule has 2 aromatic carbocycles. The lowest BCUT2D eigenvalue weighted by Gasteiger charge is -2.16. The lowest BCUT2D eigenvalue weighted by molar-refractivity contribution is -0.403. The van der Waals surface area contributed by atoms with E-state index in [0.29, 0.717) is 0 Å². The van der Waals surface area contributed by atoms with Crippen molar-refractivity contribution in [2.75, 3.05) is 7.05 Å². The molecule has 0 aromatic heterocycles. The Labute approximate surface area is 126 Å². The number of fused-ring (bicyclic) bond motifs is 1. The highest BCUT2D eigenvalue weighted by atomic mass is 15.0. The Morgan fingerprint density at radius 1 is 1.00 bits per heavy atom. The molecular formula is C19H21N2+. The molecule has 0 unspecified atom stereocenters. The second kappa shape index (κ2) is 5.28. The van der Waals surface area contributed by atoms with Crippen LogP contribution in [0.5, 0.6) is 0 Å². The molecule has 2 nitrogen and oxygen atoms in total. The summed E-state index contributed by atoms with van der Waals surface area (Å²) in [5.74, 6) is 0. The molecule has 0 N–H and O–H groups in total. The van der Waals surface area contributed by atoms with Gasteiger partial charge in [-0.3, -0.25) is 4.99 Å². The van der Waals surface area contributed by atoms with Crippen molar-refractivity contribution in [3.8, 4) is 0 Å². The van der Waals surface area contributed by atoms with E-state index in [4.69, 9.17) is 0 Å². The maximum Gasteiger partial charge on any atom is 0.209 e. The highest BCUT2D eigenvalue weighted by molar-refractivity contribution is 6.02. The average molecular weight is 277 g/mol. The summed E-state index contributed by atoms with van der Waals surface area (Å²) in [6.45, 7) is 4.59. The Kier molecular flexibility index (Phi) is 3.46. The van der Waals surface area contributed by atoms with Gasteiger partial charge in [0.2, 0.25) is 5.69 Å². The van der Waals surface area contributed by atoms with E-state index in [1.54, 1.807) is 0 Å². The minimum atomic E-state index is 0.0635. The first-order valence-corrected chi connectivity index (χ1v) is 7.38. The van der Waals surface area contributed by atoms with E-state index in [9.17, 15) is 0 Å². The Morgan fingerprint density at radius 2 is 1.67 bits per heavy atom. The van der Waals surface area contributed by atoms with Gasteiger partial charge in [-0.05, 0) is 26.0 Å². The lowest BCUT2D eigenvalue weighted by Crippen LogP contribution is -2.28. The SMILES string of the molecule is C[N+]1=C(CC=Nc2ccccc2)C(C)(C)c2ccccc21. The molecule has 0 amide bonds. The van der Waals surface area contributed by atoms with E-state index < -0.39 is 0 Å². The summed E-state index contributed by atoms with van der Waals surface area (Å²) in [5, 5.41) is 0. The van der Waals surface area contributed by atoms with Crippen molar-refractivity contribution in [1.82, 2.24) is 0 Å². The number of para-hydroxylation sites is 2. The summed E-state index contributed by atoms with van der Waals surface area (Å²) in [6, 6.07) is 18.7. The third-order valence-electron chi connectivity index (χ3n) is 4.35. The molecule has 0 atom stereocenters. The monoisotopic (exact) mass is 277 g/mol. The van der Waals surface area contributed by atoms with Crippen LogP contribution in [0.3, 0.4) is 0 Å². The van der Waals surface area contributed by atoms with Crippen LogP contribution in [0.2, 0.25) is 0 Å². The fraction of sp³-hybridized carbons (Fsp3) is 0.263. The molecule has 2 heteroatoms. The van der Waals surface area contributed by atoms with Gasteiger partial charge in [-0.15, -0.1) is 0 Å². The van der Waals surface area contributed by atoms with E-state index in [1.165, 1.54) is 17.0 Å². The third-order valence-corrected chi connectivity index (χ3v) is 4.35. The maximum atomic E-state index is 4.56. The fourth-order valence-electron chi connectivity index (χ4n) is 3.16. The van der Waals surface area contributed by atoms with E-state index in [1.807, 2.05) is 36.5 Å². The van der Waals surface area contributed by atoms with Gasteiger partial charge in [0.15, 0.2) is 5.71 Å². The van der Waals surface area contributed by atoms with E-state index >= 15 is 0 Å². The van der Waals surface area contributed by atoms with Gasteiger partial charge < -0.3 is 0 Å². The summed E-state index contributed by atoms with van der Waals surface area (Å²) in [6.07, 6.45) is 2.89. The summed E-state index contributed by atoms with van der Waals surface area (Å²) in [7, 11) is 2.15. The minimum Gasteiger partial charge on any atom is -0.261 e. The minimum absolute atomic E-state index is 0.0635. The quantitative estimate of drug-likeness (QED) is 0.580. The van der Waals surface area contributed by atoms with Crippen LogP contribution < -0.4 is 0 Å². The predicted molar refractivity (Wildman–Crippen MR) is 89.5 cm³/mol. The van der Waals surface area contributed by atoms with Gasteiger partial charge in [-0.1, -0.05) is 36.4 Å². The Bertz CT molecular complexity index is 709. The zero-order valence-corrected chi connectivity index (χ0v) is 12.9. The maximum absolute atomic E-state index is 4.56. The van der Waals surface area contributed by atoms with Crippen molar-refractivity contribution in [1.29, 1.82) is 0 Å². The summed E-state index contributed by atoms with van der Waals surface area (Å²) < 4.78 is 2.31. The Hall–Kier alpha value is -2.22. The molecule has 0 saturated carbocycles. The topological polar surface area (TPSA) is 15.4 Å². The van der Waals surface area contributed by atoms with Crippen molar-refractivity contribution in [2.24, 2.45) is 4.99 Å². The van der Waals surface area contributed by atoms with Crippen LogP contribution in [0.1, 0.15) is 25.8 Å². The second-order valence-electron chi connectivity index (χ2n) is 6.00. The molecule has 1 aliphatic rings. The molecule has 1 aliphatic heterocycles. The van der Waals surface area contributed by atoms with Crippen LogP contribution in [0.15, 0.2) is 59.6 Å². The molecule has 106 valence electrons. The first-order valence-electron chi connectivity index (χ1n) is 7.38. The van der Waals surface area contributed by atoms with Crippen LogP contribution in [0.25, 0.3) is 0 Å². The predicted octanol–water partition coefficient (Wildman–Crippen LogP) is 4.49. The highest BCUT2D eigenvalue weighted by Crippen LogP contribution is 2.39. The van der Waals surface area contributed by atoms with Gasteiger partial charge in [0.25, 0.3) is 0 Å². The number of hydrogen-bond donors (Lipinski definition) is 0. The van der Waals surface area contributed by atoms with Gasteiger partial charge in [-0.2, -0.15) is 0 Å². The van der Waals surface area contributed by atoms with Gasteiger partial charge in [0.1, 0.15) is 7.05 Å². The Balaban J connectivity index is 1.87. The van der Waals surface area contributed by atoms with Crippen molar-refractivity contribution in [3.63, 3.8) is 0 Å². The smallest absolute Gasteiger partial charge is 0.209 e. The standard InChI is InChI=1S/C19H21N2/c1-19(2)16-11-7-8-12-17(16)21(3)18(19)13-14-20-15-9-5-4-6-10-15/h4-12,14H,13H2,1-3H3/q+1. The van der Waals surface area contributed by atoms with Crippen LogP contribution in [0, 0.1) is 0 Å². The molecule has 1 heterocycles. The largest absolute Gasteiger partial charge is 0.261 e. The lowest BCUT2D eigenvalue weighted by atomic mass is 9.80. The molecule has 0 fully saturated rings. The first kappa shape index (κ1) is 13.7. The summed E-state index contributed by atoms with van der Waals surface area (Å²) >= 11 is 0. The van der Waals surface area contributed by atoms with Crippen molar-refractivity contribution in [3.05, 3.63) is 60.2 Å². The van der Waals surface area contributed by atoms with Crippen molar-refractivity contribution < 1.29 is 4.58 Å². The Morgan fingerprint density at radius 3 is 2.38 bits per heavy atom. The number of rotatable bonds is 3. The summed E-state index contributed by atoms with van der Waals surface area (Å²) in [4.78, 5) is 4.56. The van der Waals surface area contributed by atoms with Gasteiger partial charge in [0.05, 0.1) is 17.5 Å². The molecule has 0 saturated heterocycles. The second-order valence-corrected chi connectivity index (χ2v) is 6.00.